The molecule has 200 valence electrons. The molecule has 10 nitrogen and oxygen atoms in total. The third-order valence-electron chi connectivity index (χ3n) is 6.17. The lowest BCUT2D eigenvalue weighted by atomic mass is 9.95. The average molecular weight is 532 g/mol. The molecule has 2 aromatic carbocycles. The Kier molecular flexibility index (Phi) is 8.62. The van der Waals surface area contributed by atoms with Gasteiger partial charge < -0.3 is 24.4 Å². The molecule has 1 heterocycles. The number of amides is 1. The first-order valence-electron chi connectivity index (χ1n) is 11.6. The molecule has 1 atom stereocenters. The van der Waals surface area contributed by atoms with E-state index in [4.69, 9.17) is 9.47 Å². The molecule has 0 unspecified atom stereocenters. The van der Waals surface area contributed by atoms with Gasteiger partial charge in [-0.1, -0.05) is 6.07 Å². The van der Waals surface area contributed by atoms with Crippen LogP contribution in [0.3, 0.4) is 0 Å². The number of ether oxygens (including phenoxy) is 2. The molecule has 0 spiro atoms. The molecule has 1 aliphatic heterocycles. The van der Waals surface area contributed by atoms with E-state index in [0.717, 1.165) is 4.31 Å². The number of carbonyl (C=O) groups is 2. The monoisotopic (exact) mass is 531 g/mol. The van der Waals surface area contributed by atoms with Crippen LogP contribution < -0.4 is 9.47 Å². The maximum atomic E-state index is 13.2. The van der Waals surface area contributed by atoms with E-state index in [2.05, 4.69) is 0 Å². The predicted molar refractivity (Wildman–Crippen MR) is 139 cm³/mol. The van der Waals surface area contributed by atoms with Crippen molar-refractivity contribution in [2.75, 3.05) is 55.5 Å². The number of rotatable bonds is 10. The topological polar surface area (TPSA) is 117 Å². The summed E-state index contributed by atoms with van der Waals surface area (Å²) in [5.41, 5.74) is 0.704. The van der Waals surface area contributed by atoms with Gasteiger partial charge >= 0.3 is 0 Å². The zero-order chi connectivity index (χ0) is 27.5. The SMILES string of the molecule is COc1ccc([C@@H]2C(=C(O)c3ccc(S(=O)(=O)N(C)C)cc3)C(=O)C(=O)N2CCCN(C)C)cc1OC. The van der Waals surface area contributed by atoms with Crippen molar-refractivity contribution < 1.29 is 32.6 Å². The van der Waals surface area contributed by atoms with E-state index in [1.165, 1.54) is 57.5 Å². The molecule has 0 radical (unpaired) electrons. The van der Waals surface area contributed by atoms with Gasteiger partial charge in [-0.2, -0.15) is 0 Å². The summed E-state index contributed by atoms with van der Waals surface area (Å²) in [4.78, 5) is 29.8. The molecule has 1 saturated heterocycles. The van der Waals surface area contributed by atoms with Crippen LogP contribution in [0.2, 0.25) is 0 Å². The summed E-state index contributed by atoms with van der Waals surface area (Å²) < 4.78 is 36.7. The van der Waals surface area contributed by atoms with Crippen LogP contribution >= 0.6 is 0 Å². The summed E-state index contributed by atoms with van der Waals surface area (Å²) in [7, 11) is 5.99. The fourth-order valence-corrected chi connectivity index (χ4v) is 5.09. The van der Waals surface area contributed by atoms with Crippen LogP contribution in [0.5, 0.6) is 11.5 Å². The number of aliphatic hydroxyl groups excluding tert-OH is 1. The third-order valence-corrected chi connectivity index (χ3v) is 8.00. The molecule has 1 N–H and O–H groups in total. The molecular weight excluding hydrogens is 498 g/mol. The van der Waals surface area contributed by atoms with Gasteiger partial charge in [0, 0.05) is 26.2 Å². The molecule has 2 aromatic rings. The highest BCUT2D eigenvalue weighted by Crippen LogP contribution is 2.42. The van der Waals surface area contributed by atoms with E-state index in [1.807, 2.05) is 19.0 Å². The van der Waals surface area contributed by atoms with Crippen LogP contribution in [0, 0.1) is 0 Å². The van der Waals surface area contributed by atoms with Crippen molar-refractivity contribution in [1.29, 1.82) is 0 Å². The molecule has 1 fully saturated rings. The summed E-state index contributed by atoms with van der Waals surface area (Å²) in [6, 6.07) is 9.73. The Morgan fingerprint density at radius 2 is 1.59 bits per heavy atom. The molecule has 0 aliphatic carbocycles. The van der Waals surface area contributed by atoms with Gasteiger partial charge in [-0.25, -0.2) is 12.7 Å². The van der Waals surface area contributed by atoms with E-state index >= 15 is 0 Å². The van der Waals surface area contributed by atoms with Crippen LogP contribution in [-0.4, -0.2) is 94.8 Å². The second kappa shape index (κ2) is 11.3. The minimum absolute atomic E-state index is 0.0367. The van der Waals surface area contributed by atoms with Crippen molar-refractivity contribution in [1.82, 2.24) is 14.1 Å². The zero-order valence-electron chi connectivity index (χ0n) is 21.9. The highest BCUT2D eigenvalue weighted by molar-refractivity contribution is 7.89. The van der Waals surface area contributed by atoms with Crippen LogP contribution in [0.25, 0.3) is 5.76 Å². The Hall–Kier alpha value is -3.41. The lowest BCUT2D eigenvalue weighted by Crippen LogP contribution is -2.32. The Morgan fingerprint density at radius 3 is 2.14 bits per heavy atom. The van der Waals surface area contributed by atoms with Gasteiger partial charge in [-0.15, -0.1) is 0 Å². The van der Waals surface area contributed by atoms with Gasteiger partial charge in [0.1, 0.15) is 5.76 Å². The average Bonchev–Trinajstić information content (AvgIpc) is 3.12. The van der Waals surface area contributed by atoms with Crippen molar-refractivity contribution in [2.24, 2.45) is 0 Å². The van der Waals surface area contributed by atoms with E-state index in [1.54, 1.807) is 18.2 Å². The fraction of sp³-hybridized carbons (Fsp3) is 0.385. The number of carbonyl (C=O) groups excluding carboxylic acids is 2. The van der Waals surface area contributed by atoms with Crippen LogP contribution in [0.15, 0.2) is 52.9 Å². The second-order valence-electron chi connectivity index (χ2n) is 9.08. The van der Waals surface area contributed by atoms with Crippen molar-refractivity contribution in [3.63, 3.8) is 0 Å². The molecule has 37 heavy (non-hydrogen) atoms. The molecule has 3 rings (SSSR count). The summed E-state index contributed by atoms with van der Waals surface area (Å²) in [6.45, 7) is 0.988. The van der Waals surface area contributed by atoms with E-state index in [0.29, 0.717) is 36.6 Å². The lowest BCUT2D eigenvalue weighted by molar-refractivity contribution is -0.139. The molecular formula is C26H33N3O7S. The zero-order valence-corrected chi connectivity index (χ0v) is 22.7. The first-order valence-corrected chi connectivity index (χ1v) is 13.1. The number of hydrogen-bond acceptors (Lipinski definition) is 8. The number of Topliss-reactive ketones (excluding diaryl/α,β-unsaturated/α-hetero) is 1. The molecule has 0 aromatic heterocycles. The highest BCUT2D eigenvalue weighted by atomic mass is 32.2. The van der Waals surface area contributed by atoms with Crippen LogP contribution in [0.1, 0.15) is 23.6 Å². The Balaban J connectivity index is 2.14. The smallest absolute Gasteiger partial charge is 0.295 e. The number of sulfonamides is 1. The first-order chi connectivity index (χ1) is 17.4. The summed E-state index contributed by atoms with van der Waals surface area (Å²) >= 11 is 0. The predicted octanol–water partition coefficient (Wildman–Crippen LogP) is 2.33. The third kappa shape index (κ3) is 5.63. The van der Waals surface area contributed by atoms with Crippen LogP contribution in [0.4, 0.5) is 0 Å². The van der Waals surface area contributed by atoms with Gasteiger partial charge in [0.15, 0.2) is 11.5 Å². The number of ketones is 1. The summed E-state index contributed by atoms with van der Waals surface area (Å²) in [5.74, 6) is -1.02. The summed E-state index contributed by atoms with van der Waals surface area (Å²) in [5, 5.41) is 11.3. The molecule has 11 heteroatoms. The second-order valence-corrected chi connectivity index (χ2v) is 11.2. The first kappa shape index (κ1) is 28.2. The molecule has 0 saturated carbocycles. The Morgan fingerprint density at radius 1 is 0.973 bits per heavy atom. The Bertz CT molecular complexity index is 1300. The van der Waals surface area contributed by atoms with Crippen molar-refractivity contribution >= 4 is 27.5 Å². The van der Waals surface area contributed by atoms with Gasteiger partial charge in [0.05, 0.1) is 30.7 Å². The molecule has 0 bridgehead atoms. The van der Waals surface area contributed by atoms with Crippen LogP contribution in [-0.2, 0) is 19.6 Å². The largest absolute Gasteiger partial charge is 0.507 e. The number of likely N-dealkylation sites (tertiary alicyclic amines) is 1. The Labute approximate surface area is 217 Å². The number of benzene rings is 2. The lowest BCUT2D eigenvalue weighted by Gasteiger charge is -2.26. The van der Waals surface area contributed by atoms with Crippen molar-refractivity contribution in [3.05, 3.63) is 59.2 Å². The van der Waals surface area contributed by atoms with Gasteiger partial charge in [0.25, 0.3) is 11.7 Å². The fourth-order valence-electron chi connectivity index (χ4n) is 4.19. The van der Waals surface area contributed by atoms with E-state index in [-0.39, 0.29) is 21.8 Å². The van der Waals surface area contributed by atoms with Crippen molar-refractivity contribution in [3.8, 4) is 11.5 Å². The maximum Gasteiger partial charge on any atom is 0.295 e. The number of methoxy groups -OCH3 is 2. The molecule has 1 amide bonds. The van der Waals surface area contributed by atoms with Gasteiger partial charge in [0.2, 0.25) is 10.0 Å². The minimum atomic E-state index is -3.68. The van der Waals surface area contributed by atoms with Gasteiger partial charge in [-0.3, -0.25) is 9.59 Å². The quantitative estimate of drug-likeness (QED) is 0.282. The van der Waals surface area contributed by atoms with E-state index < -0.39 is 27.8 Å². The van der Waals surface area contributed by atoms with E-state index in [9.17, 15) is 23.1 Å². The normalized spacial score (nSPS) is 17.6. The maximum absolute atomic E-state index is 13.2. The number of nitrogens with zero attached hydrogens (tertiary/aromatic N) is 3. The van der Waals surface area contributed by atoms with Gasteiger partial charge in [-0.05, 0) is 69.0 Å². The number of hydrogen-bond donors (Lipinski definition) is 1. The summed E-state index contributed by atoms with van der Waals surface area (Å²) in [6.07, 6.45) is 0.612. The standard InChI is InChI=1S/C26H33N3O7S/c1-27(2)14-7-15-29-23(18-10-13-20(35-5)21(16-18)36-6)22(25(31)26(29)32)24(30)17-8-11-19(12-9-17)37(33,34)28(3)4/h8-13,16,23,30H,7,14-15H2,1-6H3/t23-/m1/s1. The molecule has 1 aliphatic rings. The number of aliphatic hydroxyl groups is 1. The highest BCUT2D eigenvalue weighted by Gasteiger charge is 2.46. The minimum Gasteiger partial charge on any atom is -0.507 e. The van der Waals surface area contributed by atoms with Crippen molar-refractivity contribution in [2.45, 2.75) is 17.4 Å².